The van der Waals surface area contributed by atoms with E-state index in [0.717, 1.165) is 0 Å². The summed E-state index contributed by atoms with van der Waals surface area (Å²) >= 11 is 0. The van der Waals surface area contributed by atoms with Crippen molar-refractivity contribution < 1.29 is 19.4 Å². The molecule has 16 heavy (non-hydrogen) atoms. The summed E-state index contributed by atoms with van der Waals surface area (Å²) in [5.41, 5.74) is 5.26. The molecule has 0 saturated carbocycles. The van der Waals surface area contributed by atoms with Gasteiger partial charge in [0.05, 0.1) is 19.1 Å². The van der Waals surface area contributed by atoms with E-state index in [2.05, 4.69) is 0 Å². The molecule has 0 radical (unpaired) electrons. The maximum atomic E-state index is 11.2. The van der Waals surface area contributed by atoms with Gasteiger partial charge in [-0.15, -0.1) is 0 Å². The van der Waals surface area contributed by atoms with Crippen LogP contribution in [-0.2, 0) is 14.3 Å². The topological polar surface area (TPSA) is 92.9 Å². The van der Waals surface area contributed by atoms with Crippen LogP contribution in [-0.4, -0.2) is 53.7 Å². The lowest BCUT2D eigenvalue weighted by molar-refractivity contribution is -0.147. The fourth-order valence-electron chi connectivity index (χ4n) is 1.84. The van der Waals surface area contributed by atoms with Gasteiger partial charge in [-0.2, -0.15) is 0 Å². The summed E-state index contributed by atoms with van der Waals surface area (Å²) < 4.78 is 5.17. The van der Waals surface area contributed by atoms with E-state index in [0.29, 0.717) is 13.2 Å². The van der Waals surface area contributed by atoms with Crippen LogP contribution in [0.15, 0.2) is 0 Å². The Balaban J connectivity index is 2.74. The number of carbonyl (C=O) groups excluding carboxylic acids is 1. The highest BCUT2D eigenvalue weighted by atomic mass is 16.5. The van der Waals surface area contributed by atoms with Gasteiger partial charge in [0.2, 0.25) is 5.91 Å². The number of ether oxygens (including phenoxy) is 1. The van der Waals surface area contributed by atoms with E-state index < -0.39 is 23.8 Å². The predicted octanol–water partition coefficient (Wildman–Crippen LogP) is -0.718. The molecule has 0 aliphatic carbocycles. The molecule has 0 aromatic rings. The molecule has 1 amide bonds. The average Bonchev–Trinajstić information content (AvgIpc) is 2.26. The van der Waals surface area contributed by atoms with Gasteiger partial charge < -0.3 is 15.6 Å². The fourth-order valence-corrected chi connectivity index (χ4v) is 1.84. The second-order valence-electron chi connectivity index (χ2n) is 4.10. The summed E-state index contributed by atoms with van der Waals surface area (Å²) in [6, 6.07) is -0.760. The lowest BCUT2D eigenvalue weighted by Gasteiger charge is -2.39. The van der Waals surface area contributed by atoms with Crippen molar-refractivity contribution in [1.82, 2.24) is 4.90 Å². The van der Waals surface area contributed by atoms with Crippen LogP contribution in [0, 0.1) is 5.92 Å². The number of hydrogen-bond acceptors (Lipinski definition) is 4. The summed E-state index contributed by atoms with van der Waals surface area (Å²) in [5.74, 6) is -1.88. The number of hydrogen-bond donors (Lipinski definition) is 2. The van der Waals surface area contributed by atoms with E-state index in [1.165, 1.54) is 0 Å². The first kappa shape index (κ1) is 12.9. The molecule has 6 nitrogen and oxygen atoms in total. The van der Waals surface area contributed by atoms with Crippen LogP contribution in [0.5, 0.6) is 0 Å². The highest BCUT2D eigenvalue weighted by Gasteiger charge is 2.35. The normalized spacial score (nSPS) is 26.0. The summed E-state index contributed by atoms with van der Waals surface area (Å²) in [6.45, 7) is 4.69. The number of aliphatic carboxylic acids is 1. The zero-order valence-corrected chi connectivity index (χ0v) is 9.55. The Morgan fingerprint density at radius 2 is 2.12 bits per heavy atom. The molecular weight excluding hydrogens is 212 g/mol. The van der Waals surface area contributed by atoms with Crippen molar-refractivity contribution in [2.45, 2.75) is 25.9 Å². The van der Waals surface area contributed by atoms with E-state index in [9.17, 15) is 9.59 Å². The average molecular weight is 230 g/mol. The molecule has 3 unspecified atom stereocenters. The van der Waals surface area contributed by atoms with Gasteiger partial charge in [0.15, 0.2) is 0 Å². The Hall–Kier alpha value is -1.14. The van der Waals surface area contributed by atoms with Crippen LogP contribution in [0.2, 0.25) is 0 Å². The van der Waals surface area contributed by atoms with Crippen molar-refractivity contribution in [2.75, 3.05) is 19.8 Å². The quantitative estimate of drug-likeness (QED) is 0.665. The van der Waals surface area contributed by atoms with Crippen LogP contribution in [0.4, 0.5) is 0 Å². The molecule has 1 saturated heterocycles. The largest absolute Gasteiger partial charge is 0.481 e. The smallest absolute Gasteiger partial charge is 0.307 e. The van der Waals surface area contributed by atoms with Gasteiger partial charge in [0, 0.05) is 12.6 Å². The molecule has 0 bridgehead atoms. The van der Waals surface area contributed by atoms with Crippen molar-refractivity contribution in [3.8, 4) is 0 Å². The van der Waals surface area contributed by atoms with Crippen LogP contribution in [0.25, 0.3) is 0 Å². The molecule has 92 valence electrons. The van der Waals surface area contributed by atoms with E-state index in [1.807, 2.05) is 4.90 Å². The highest BCUT2D eigenvalue weighted by molar-refractivity contribution is 5.80. The van der Waals surface area contributed by atoms with Gasteiger partial charge in [-0.1, -0.05) is 6.92 Å². The monoisotopic (exact) mass is 230 g/mol. The molecule has 3 N–H and O–H groups in total. The zero-order valence-electron chi connectivity index (χ0n) is 9.55. The fraction of sp³-hybridized carbons (Fsp3) is 0.800. The van der Waals surface area contributed by atoms with Gasteiger partial charge in [0.25, 0.3) is 0 Å². The van der Waals surface area contributed by atoms with E-state index in [1.54, 1.807) is 13.8 Å². The molecule has 3 atom stereocenters. The molecule has 1 aliphatic heterocycles. The number of amides is 1. The van der Waals surface area contributed by atoms with Crippen molar-refractivity contribution in [2.24, 2.45) is 11.7 Å². The summed E-state index contributed by atoms with van der Waals surface area (Å²) in [4.78, 5) is 23.9. The number of nitrogens with two attached hydrogens (primary N) is 1. The first-order chi connectivity index (χ1) is 7.45. The van der Waals surface area contributed by atoms with Gasteiger partial charge in [-0.3, -0.25) is 14.5 Å². The molecule has 1 rings (SSSR count). The predicted molar refractivity (Wildman–Crippen MR) is 56.8 cm³/mol. The Morgan fingerprint density at radius 3 is 2.62 bits per heavy atom. The Labute approximate surface area is 94.3 Å². The SMILES string of the molecule is CC(C(=O)O)C(C)N1CCOCC1C(N)=O. The number of morpholine rings is 1. The Morgan fingerprint density at radius 1 is 1.50 bits per heavy atom. The summed E-state index contributed by atoms with van der Waals surface area (Å²) in [7, 11) is 0. The molecule has 1 heterocycles. The minimum atomic E-state index is -0.873. The van der Waals surface area contributed by atoms with Crippen molar-refractivity contribution in [1.29, 1.82) is 0 Å². The van der Waals surface area contributed by atoms with E-state index >= 15 is 0 Å². The maximum Gasteiger partial charge on any atom is 0.307 e. The number of carbonyl (C=O) groups is 2. The van der Waals surface area contributed by atoms with Crippen molar-refractivity contribution >= 4 is 11.9 Å². The van der Waals surface area contributed by atoms with Gasteiger partial charge >= 0.3 is 5.97 Å². The molecule has 0 aromatic carbocycles. The standard InChI is InChI=1S/C10H18N2O4/c1-6(10(14)15)7(2)12-3-4-16-5-8(12)9(11)13/h6-8H,3-5H2,1-2H3,(H2,11,13)(H,14,15). The van der Waals surface area contributed by atoms with E-state index in [-0.39, 0.29) is 12.6 Å². The molecule has 1 aliphatic rings. The van der Waals surface area contributed by atoms with Crippen LogP contribution < -0.4 is 5.73 Å². The molecule has 0 aromatic heterocycles. The van der Waals surface area contributed by atoms with Gasteiger partial charge in [0.1, 0.15) is 6.04 Å². The summed E-state index contributed by atoms with van der Waals surface area (Å²) in [6.07, 6.45) is 0. The lowest BCUT2D eigenvalue weighted by atomic mass is 10.00. The number of primary amides is 1. The third kappa shape index (κ3) is 2.70. The van der Waals surface area contributed by atoms with Crippen molar-refractivity contribution in [3.05, 3.63) is 0 Å². The Bertz CT molecular complexity index is 282. The number of carboxylic acid groups (broad SMARTS) is 1. The molecule has 0 spiro atoms. The van der Waals surface area contributed by atoms with E-state index in [4.69, 9.17) is 15.6 Å². The third-order valence-electron chi connectivity index (χ3n) is 3.13. The molecule has 1 fully saturated rings. The number of carboxylic acids is 1. The summed E-state index contributed by atoms with van der Waals surface area (Å²) in [5, 5.41) is 8.93. The lowest BCUT2D eigenvalue weighted by Crippen LogP contribution is -2.57. The van der Waals surface area contributed by atoms with Crippen molar-refractivity contribution in [3.63, 3.8) is 0 Å². The van der Waals surface area contributed by atoms with Crippen LogP contribution >= 0.6 is 0 Å². The first-order valence-electron chi connectivity index (χ1n) is 5.30. The second kappa shape index (κ2) is 5.27. The minimum absolute atomic E-state index is 0.237. The first-order valence-corrected chi connectivity index (χ1v) is 5.30. The Kier molecular flexibility index (Phi) is 4.26. The maximum absolute atomic E-state index is 11.2. The molecule has 6 heteroatoms. The third-order valence-corrected chi connectivity index (χ3v) is 3.13. The van der Waals surface area contributed by atoms with Crippen LogP contribution in [0.3, 0.4) is 0 Å². The molecular formula is C10H18N2O4. The zero-order chi connectivity index (χ0) is 12.3. The number of nitrogens with zero attached hydrogens (tertiary/aromatic N) is 1. The van der Waals surface area contributed by atoms with Gasteiger partial charge in [-0.25, -0.2) is 0 Å². The van der Waals surface area contributed by atoms with Crippen LogP contribution in [0.1, 0.15) is 13.8 Å². The minimum Gasteiger partial charge on any atom is -0.481 e. The van der Waals surface area contributed by atoms with Gasteiger partial charge in [-0.05, 0) is 6.92 Å². The highest BCUT2D eigenvalue weighted by Crippen LogP contribution is 2.17. The second-order valence-corrected chi connectivity index (χ2v) is 4.10. The number of rotatable bonds is 4.